The third-order valence-electron chi connectivity index (χ3n) is 3.33. The largest absolute Gasteiger partial charge is 0.508 e. The van der Waals surface area contributed by atoms with Gasteiger partial charge in [-0.2, -0.15) is 0 Å². The second-order valence-electron chi connectivity index (χ2n) is 6.82. The Labute approximate surface area is 155 Å². The molecule has 0 aliphatic rings. The number of aromatic hydroxyl groups is 3. The quantitative estimate of drug-likeness (QED) is 0.623. The number of nitrogens with one attached hydrogen (secondary N) is 1. The molecule has 1 amide bonds. The van der Waals surface area contributed by atoms with E-state index < -0.39 is 35.5 Å². The minimum Gasteiger partial charge on any atom is -0.508 e. The molecular weight excluding hydrogens is 356 g/mol. The van der Waals surface area contributed by atoms with Crippen molar-refractivity contribution in [2.24, 2.45) is 0 Å². The average molecular weight is 378 g/mol. The first kappa shape index (κ1) is 20.0. The van der Waals surface area contributed by atoms with Crippen LogP contribution in [0.2, 0.25) is 0 Å². The molecule has 27 heavy (non-hydrogen) atoms. The van der Waals surface area contributed by atoms with E-state index in [2.05, 4.69) is 5.32 Å². The van der Waals surface area contributed by atoms with Crippen molar-refractivity contribution in [1.82, 2.24) is 10.0 Å². The van der Waals surface area contributed by atoms with E-state index in [1.165, 1.54) is 12.1 Å². The van der Waals surface area contributed by atoms with E-state index in [9.17, 15) is 24.9 Å². The number of rotatable bonds is 5. The smallest absolute Gasteiger partial charge is 0.408 e. The Morgan fingerprint density at radius 2 is 1.59 bits per heavy atom. The van der Waals surface area contributed by atoms with Crippen molar-refractivity contribution < 1.29 is 34.5 Å². The fourth-order valence-electron chi connectivity index (χ4n) is 2.16. The zero-order valence-electron chi connectivity index (χ0n) is 15.2. The number of carbonyl (C=O) groups excluding carboxylic acids is 2. The van der Waals surface area contributed by atoms with Crippen LogP contribution in [0, 0.1) is 0 Å². The van der Waals surface area contributed by atoms with Crippen molar-refractivity contribution in [2.75, 3.05) is 0 Å². The average Bonchev–Trinajstić information content (AvgIpc) is 2.86. The second kappa shape index (κ2) is 7.90. The fraction of sp³-hybridized carbons (Fsp3) is 0.333. The fourth-order valence-corrected chi connectivity index (χ4v) is 2.16. The summed E-state index contributed by atoms with van der Waals surface area (Å²) in [5, 5.41) is 31.0. The molecule has 0 saturated heterocycles. The van der Waals surface area contributed by atoms with Gasteiger partial charge in [-0.05, 0) is 38.5 Å². The minimum atomic E-state index is -1.18. The summed E-state index contributed by atoms with van der Waals surface area (Å²) in [7, 11) is 0. The highest BCUT2D eigenvalue weighted by Crippen LogP contribution is 2.19. The minimum absolute atomic E-state index is 0.0289. The van der Waals surface area contributed by atoms with Crippen molar-refractivity contribution in [3.63, 3.8) is 0 Å². The highest BCUT2D eigenvalue weighted by molar-refractivity contribution is 5.82. The van der Waals surface area contributed by atoms with E-state index in [0.717, 1.165) is 12.1 Å². The third kappa shape index (κ3) is 5.84. The van der Waals surface area contributed by atoms with Crippen molar-refractivity contribution in [3.05, 3.63) is 42.0 Å². The number of benzene rings is 1. The van der Waals surface area contributed by atoms with Gasteiger partial charge >= 0.3 is 12.1 Å². The van der Waals surface area contributed by atoms with Crippen molar-refractivity contribution in [2.45, 2.75) is 38.8 Å². The van der Waals surface area contributed by atoms with Crippen LogP contribution in [-0.2, 0) is 16.0 Å². The zero-order valence-corrected chi connectivity index (χ0v) is 15.2. The number of phenols is 1. The summed E-state index contributed by atoms with van der Waals surface area (Å²) >= 11 is 0. The highest BCUT2D eigenvalue weighted by Gasteiger charge is 2.27. The number of hydrogen-bond donors (Lipinski definition) is 4. The molecule has 4 N–H and O–H groups in total. The Bertz CT molecular complexity index is 787. The highest BCUT2D eigenvalue weighted by atomic mass is 16.7. The number of amides is 1. The first-order valence-electron chi connectivity index (χ1n) is 8.14. The molecule has 0 aliphatic carbocycles. The number of aromatic nitrogens is 1. The number of hydrogen-bond acceptors (Lipinski definition) is 7. The Morgan fingerprint density at radius 3 is 2.11 bits per heavy atom. The monoisotopic (exact) mass is 378 g/mol. The van der Waals surface area contributed by atoms with E-state index in [4.69, 9.17) is 9.57 Å². The maximum absolute atomic E-state index is 12.5. The van der Waals surface area contributed by atoms with Crippen LogP contribution in [0.15, 0.2) is 36.4 Å². The van der Waals surface area contributed by atoms with Crippen molar-refractivity contribution in [3.8, 4) is 17.5 Å². The van der Waals surface area contributed by atoms with Gasteiger partial charge in [0.2, 0.25) is 11.8 Å². The molecule has 0 saturated carbocycles. The molecule has 0 fully saturated rings. The molecule has 1 aromatic heterocycles. The summed E-state index contributed by atoms with van der Waals surface area (Å²) in [6, 6.07) is 7.14. The molecule has 9 heteroatoms. The Kier molecular flexibility index (Phi) is 5.84. The predicted molar refractivity (Wildman–Crippen MR) is 94.3 cm³/mol. The molecule has 1 aromatic carbocycles. The van der Waals surface area contributed by atoms with Crippen LogP contribution in [0.4, 0.5) is 4.79 Å². The number of carbonyl (C=O) groups is 2. The van der Waals surface area contributed by atoms with E-state index >= 15 is 0 Å². The number of nitrogens with zero attached hydrogens (tertiary/aromatic N) is 1. The molecule has 1 atom stereocenters. The van der Waals surface area contributed by atoms with Crippen LogP contribution < -0.4 is 10.2 Å². The molecule has 146 valence electrons. The maximum Gasteiger partial charge on any atom is 0.408 e. The van der Waals surface area contributed by atoms with Crippen LogP contribution in [0.1, 0.15) is 26.3 Å². The second-order valence-corrected chi connectivity index (χ2v) is 6.82. The van der Waals surface area contributed by atoms with Gasteiger partial charge < -0.3 is 30.2 Å². The molecular formula is C18H22N2O7. The molecule has 2 rings (SSSR count). The van der Waals surface area contributed by atoms with Crippen LogP contribution in [-0.4, -0.2) is 43.8 Å². The summed E-state index contributed by atoms with van der Waals surface area (Å²) in [6.45, 7) is 5.03. The van der Waals surface area contributed by atoms with Gasteiger partial charge in [0.05, 0.1) is 0 Å². The van der Waals surface area contributed by atoms with Crippen LogP contribution >= 0.6 is 0 Å². The summed E-state index contributed by atoms with van der Waals surface area (Å²) in [5.74, 6) is -1.85. The van der Waals surface area contributed by atoms with Gasteiger partial charge in [-0.3, -0.25) is 0 Å². The topological polar surface area (TPSA) is 130 Å². The summed E-state index contributed by atoms with van der Waals surface area (Å²) in [6.07, 6.45) is -0.801. The molecule has 9 nitrogen and oxygen atoms in total. The molecule has 0 radical (unpaired) electrons. The summed E-state index contributed by atoms with van der Waals surface area (Å²) in [4.78, 5) is 29.5. The van der Waals surface area contributed by atoms with Gasteiger partial charge in [0.15, 0.2) is 0 Å². The van der Waals surface area contributed by atoms with Gasteiger partial charge in [0.25, 0.3) is 0 Å². The van der Waals surface area contributed by atoms with Gasteiger partial charge in [-0.25, -0.2) is 9.59 Å². The molecule has 0 unspecified atom stereocenters. The summed E-state index contributed by atoms with van der Waals surface area (Å²) in [5.41, 5.74) is -0.139. The Hall–Kier alpha value is -3.36. The normalized spacial score (nSPS) is 12.3. The lowest BCUT2D eigenvalue weighted by atomic mass is 10.1. The lowest BCUT2D eigenvalue weighted by Gasteiger charge is -2.23. The van der Waals surface area contributed by atoms with Crippen LogP contribution in [0.5, 0.6) is 17.5 Å². The third-order valence-corrected chi connectivity index (χ3v) is 3.33. The van der Waals surface area contributed by atoms with E-state index in [-0.39, 0.29) is 12.2 Å². The first-order chi connectivity index (χ1) is 12.5. The maximum atomic E-state index is 12.5. The van der Waals surface area contributed by atoms with Crippen LogP contribution in [0.25, 0.3) is 0 Å². The van der Waals surface area contributed by atoms with Crippen molar-refractivity contribution in [1.29, 1.82) is 0 Å². The molecule has 0 spiro atoms. The molecule has 1 heterocycles. The lowest BCUT2D eigenvalue weighted by molar-refractivity contribution is -0.148. The predicted octanol–water partition coefficient (Wildman–Crippen LogP) is 1.70. The molecule has 0 aliphatic heterocycles. The molecule has 2 aromatic rings. The van der Waals surface area contributed by atoms with Crippen molar-refractivity contribution >= 4 is 12.1 Å². The Balaban J connectivity index is 2.18. The number of ether oxygens (including phenoxy) is 1. The van der Waals surface area contributed by atoms with Gasteiger partial charge in [0, 0.05) is 18.6 Å². The SMILES string of the molecule is CC(C)(C)OC(=O)N[C@H](Cc1ccc(O)cc1)C(=O)On1c(O)ccc1O. The van der Waals surface area contributed by atoms with E-state index in [1.54, 1.807) is 32.9 Å². The van der Waals surface area contributed by atoms with E-state index in [0.29, 0.717) is 10.3 Å². The molecule has 0 bridgehead atoms. The number of alkyl carbamates (subject to hydrolysis) is 1. The van der Waals surface area contributed by atoms with Gasteiger partial charge in [-0.1, -0.05) is 12.1 Å². The number of phenolic OH excluding ortho intramolecular Hbond substituents is 1. The lowest BCUT2D eigenvalue weighted by Crippen LogP contribution is -2.47. The van der Waals surface area contributed by atoms with Gasteiger partial charge in [-0.15, -0.1) is 4.73 Å². The van der Waals surface area contributed by atoms with Crippen LogP contribution in [0.3, 0.4) is 0 Å². The van der Waals surface area contributed by atoms with Gasteiger partial charge in [0.1, 0.15) is 17.4 Å². The standard InChI is InChI=1S/C18H22N2O7/c1-18(2,3)26-17(25)19-13(10-11-4-6-12(21)7-5-11)16(24)27-20-14(22)8-9-15(20)23/h4-9,13,21-23H,10H2,1-3H3,(H,19,25)/t13-/m1/s1. The summed E-state index contributed by atoms with van der Waals surface area (Å²) < 4.78 is 5.69. The van der Waals surface area contributed by atoms with E-state index in [1.807, 2.05) is 0 Å². The zero-order chi connectivity index (χ0) is 20.2. The first-order valence-corrected chi connectivity index (χ1v) is 8.14. The Morgan fingerprint density at radius 1 is 1.04 bits per heavy atom.